The molecule has 0 aliphatic rings. The van der Waals surface area contributed by atoms with Gasteiger partial charge in [-0.25, -0.2) is 4.98 Å². The highest BCUT2D eigenvalue weighted by molar-refractivity contribution is 5.73. The maximum Gasteiger partial charge on any atom is 0.132 e. The molecule has 0 fully saturated rings. The smallest absolute Gasteiger partial charge is 0.132 e. The fraction of sp³-hybridized carbons (Fsp3) is 0.286. The number of anilines is 1. The quantitative estimate of drug-likeness (QED) is 0.835. The van der Waals surface area contributed by atoms with E-state index >= 15 is 0 Å². The van der Waals surface area contributed by atoms with E-state index in [1.165, 1.54) is 0 Å². The molecule has 0 aliphatic carbocycles. The van der Waals surface area contributed by atoms with Gasteiger partial charge in [0.25, 0.3) is 0 Å². The highest BCUT2D eigenvalue weighted by Gasteiger charge is 2.15. The summed E-state index contributed by atoms with van der Waals surface area (Å²) in [5.41, 5.74) is 8.98. The molecule has 0 bridgehead atoms. The van der Waals surface area contributed by atoms with Crippen molar-refractivity contribution in [1.82, 2.24) is 14.5 Å². The molecule has 2 rings (SSSR count). The summed E-state index contributed by atoms with van der Waals surface area (Å²) in [5.74, 6) is 4.12. The second kappa shape index (κ2) is 4.92. The van der Waals surface area contributed by atoms with Crippen molar-refractivity contribution in [2.24, 2.45) is 0 Å². The van der Waals surface area contributed by atoms with Crippen molar-refractivity contribution in [3.63, 3.8) is 0 Å². The molecule has 0 saturated heterocycles. The van der Waals surface area contributed by atoms with Gasteiger partial charge in [-0.05, 0) is 18.6 Å². The zero-order valence-corrected chi connectivity index (χ0v) is 10.6. The minimum absolute atomic E-state index is 0.446. The van der Waals surface area contributed by atoms with Crippen molar-refractivity contribution >= 4 is 5.82 Å². The fourth-order valence-corrected chi connectivity index (χ4v) is 1.96. The number of nitrogens with zero attached hydrogens (tertiary/aromatic N) is 3. The van der Waals surface area contributed by atoms with Crippen LogP contribution in [-0.2, 0) is 13.0 Å². The van der Waals surface area contributed by atoms with Crippen molar-refractivity contribution in [2.45, 2.75) is 26.8 Å². The third kappa shape index (κ3) is 1.95. The maximum absolute atomic E-state index is 6.14. The molecule has 2 aromatic heterocycles. The van der Waals surface area contributed by atoms with Gasteiger partial charge in [0.2, 0.25) is 0 Å². The first-order chi connectivity index (χ1) is 8.69. The number of imidazole rings is 1. The SMILES string of the molecule is C#CCn1c(CC)nc(-c2cnccc2C)c1N. The standard InChI is InChI=1S/C14H16N4/c1-4-8-18-12(5-2)17-13(14(18)15)11-9-16-7-6-10(11)3/h1,6-7,9H,5,8,15H2,2-3H3. The number of hydrogen-bond donors (Lipinski definition) is 1. The lowest BCUT2D eigenvalue weighted by atomic mass is 10.1. The molecule has 18 heavy (non-hydrogen) atoms. The summed E-state index contributed by atoms with van der Waals surface area (Å²) in [6.45, 7) is 4.50. The highest BCUT2D eigenvalue weighted by Crippen LogP contribution is 2.28. The Morgan fingerprint density at radius 2 is 2.28 bits per heavy atom. The summed E-state index contributed by atoms with van der Waals surface area (Å²) < 4.78 is 1.88. The van der Waals surface area contributed by atoms with Crippen LogP contribution in [0.5, 0.6) is 0 Å². The van der Waals surface area contributed by atoms with Crippen molar-refractivity contribution in [1.29, 1.82) is 0 Å². The lowest BCUT2D eigenvalue weighted by molar-refractivity contribution is 0.769. The lowest BCUT2D eigenvalue weighted by Crippen LogP contribution is -2.05. The Morgan fingerprint density at radius 1 is 1.50 bits per heavy atom. The number of nitrogen functional groups attached to an aromatic ring is 1. The highest BCUT2D eigenvalue weighted by atomic mass is 15.1. The van der Waals surface area contributed by atoms with Crippen LogP contribution in [0.3, 0.4) is 0 Å². The Kier molecular flexibility index (Phi) is 3.33. The number of hydrogen-bond acceptors (Lipinski definition) is 3. The Balaban J connectivity index is 2.60. The fourth-order valence-electron chi connectivity index (χ4n) is 1.96. The van der Waals surface area contributed by atoms with Crippen molar-refractivity contribution < 1.29 is 0 Å². The van der Waals surface area contributed by atoms with E-state index in [1.807, 2.05) is 24.5 Å². The molecule has 0 aliphatic heterocycles. The van der Waals surface area contributed by atoms with E-state index in [1.54, 1.807) is 12.4 Å². The monoisotopic (exact) mass is 240 g/mol. The van der Waals surface area contributed by atoms with E-state index in [0.29, 0.717) is 12.4 Å². The predicted octanol–water partition coefficient (Wildman–Crippen LogP) is 2.03. The van der Waals surface area contributed by atoms with E-state index in [4.69, 9.17) is 12.2 Å². The normalized spacial score (nSPS) is 10.3. The molecule has 0 radical (unpaired) electrons. The second-order valence-corrected chi connectivity index (χ2v) is 4.10. The van der Waals surface area contributed by atoms with Gasteiger partial charge in [0.05, 0.1) is 6.54 Å². The average molecular weight is 240 g/mol. The van der Waals surface area contributed by atoms with Gasteiger partial charge in [0.15, 0.2) is 0 Å². The van der Waals surface area contributed by atoms with Crippen molar-refractivity contribution in [3.05, 3.63) is 29.8 Å². The molecule has 0 saturated carbocycles. The van der Waals surface area contributed by atoms with E-state index in [0.717, 1.165) is 29.1 Å². The van der Waals surface area contributed by atoms with Crippen LogP contribution in [-0.4, -0.2) is 14.5 Å². The number of terminal acetylenes is 1. The number of pyridine rings is 1. The summed E-state index contributed by atoms with van der Waals surface area (Å²) in [7, 11) is 0. The van der Waals surface area contributed by atoms with Crippen LogP contribution in [0.2, 0.25) is 0 Å². The first kappa shape index (κ1) is 12.2. The molecule has 2 N–H and O–H groups in total. The van der Waals surface area contributed by atoms with Crippen molar-refractivity contribution in [3.8, 4) is 23.6 Å². The predicted molar refractivity (Wildman–Crippen MR) is 72.8 cm³/mol. The number of rotatable bonds is 3. The van der Waals surface area contributed by atoms with Gasteiger partial charge in [0, 0.05) is 24.4 Å². The van der Waals surface area contributed by atoms with E-state index in [-0.39, 0.29) is 0 Å². The average Bonchev–Trinajstić information content (AvgIpc) is 2.68. The van der Waals surface area contributed by atoms with Crippen LogP contribution in [0.4, 0.5) is 5.82 Å². The summed E-state index contributed by atoms with van der Waals surface area (Å²) in [6.07, 6.45) is 9.70. The molecule has 0 amide bonds. The molecular formula is C14H16N4. The molecule has 0 unspecified atom stereocenters. The van der Waals surface area contributed by atoms with Gasteiger partial charge < -0.3 is 10.3 Å². The minimum Gasteiger partial charge on any atom is -0.383 e. The molecule has 0 aromatic carbocycles. The minimum atomic E-state index is 0.446. The maximum atomic E-state index is 6.14. The molecule has 0 atom stereocenters. The van der Waals surface area contributed by atoms with Gasteiger partial charge in [-0.15, -0.1) is 6.42 Å². The molecule has 4 heteroatoms. The number of aromatic nitrogens is 3. The topological polar surface area (TPSA) is 56.7 Å². The van der Waals surface area contributed by atoms with Gasteiger partial charge in [-0.2, -0.15) is 0 Å². The molecular weight excluding hydrogens is 224 g/mol. The molecule has 0 spiro atoms. The first-order valence-corrected chi connectivity index (χ1v) is 5.88. The zero-order chi connectivity index (χ0) is 13.1. The van der Waals surface area contributed by atoms with Gasteiger partial charge in [0.1, 0.15) is 17.3 Å². The van der Waals surface area contributed by atoms with Crippen LogP contribution in [0.1, 0.15) is 18.3 Å². The van der Waals surface area contributed by atoms with Crippen molar-refractivity contribution in [2.75, 3.05) is 5.73 Å². The van der Waals surface area contributed by atoms with Gasteiger partial charge in [-0.1, -0.05) is 12.8 Å². The Hall–Kier alpha value is -2.28. The second-order valence-electron chi connectivity index (χ2n) is 4.10. The van der Waals surface area contributed by atoms with Crippen LogP contribution >= 0.6 is 0 Å². The zero-order valence-electron chi connectivity index (χ0n) is 10.6. The van der Waals surface area contributed by atoms with Gasteiger partial charge >= 0.3 is 0 Å². The van der Waals surface area contributed by atoms with E-state index in [9.17, 15) is 0 Å². The van der Waals surface area contributed by atoms with E-state index in [2.05, 4.69) is 15.9 Å². The first-order valence-electron chi connectivity index (χ1n) is 5.88. The molecule has 4 nitrogen and oxygen atoms in total. The molecule has 2 aromatic rings. The summed E-state index contributed by atoms with van der Waals surface area (Å²) in [6, 6.07) is 1.95. The van der Waals surface area contributed by atoms with Crippen LogP contribution in [0.25, 0.3) is 11.3 Å². The van der Waals surface area contributed by atoms with Gasteiger partial charge in [-0.3, -0.25) is 4.98 Å². The Bertz CT molecular complexity index is 605. The van der Waals surface area contributed by atoms with Crippen LogP contribution in [0.15, 0.2) is 18.5 Å². The molecule has 2 heterocycles. The van der Waals surface area contributed by atoms with E-state index < -0.39 is 0 Å². The van der Waals surface area contributed by atoms with Crippen LogP contribution < -0.4 is 5.73 Å². The third-order valence-electron chi connectivity index (χ3n) is 2.95. The third-order valence-corrected chi connectivity index (χ3v) is 2.95. The summed E-state index contributed by atoms with van der Waals surface area (Å²) in [5, 5.41) is 0. The Morgan fingerprint density at radius 3 is 2.89 bits per heavy atom. The Labute approximate surface area is 107 Å². The summed E-state index contributed by atoms with van der Waals surface area (Å²) >= 11 is 0. The summed E-state index contributed by atoms with van der Waals surface area (Å²) in [4.78, 5) is 8.71. The largest absolute Gasteiger partial charge is 0.383 e. The number of aryl methyl sites for hydroxylation is 2. The number of nitrogens with two attached hydrogens (primary N) is 1. The molecule has 92 valence electrons. The van der Waals surface area contributed by atoms with Crippen LogP contribution in [0, 0.1) is 19.3 Å². The lowest BCUT2D eigenvalue weighted by Gasteiger charge is -2.05.